The summed E-state index contributed by atoms with van der Waals surface area (Å²) in [5.41, 5.74) is 3.63. The molecular formula is C18H36O2Si. The van der Waals surface area contributed by atoms with Gasteiger partial charge in [-0.05, 0) is 42.0 Å². The summed E-state index contributed by atoms with van der Waals surface area (Å²) in [6, 6.07) is 0. The van der Waals surface area contributed by atoms with Crippen molar-refractivity contribution < 1.29 is 9.53 Å². The summed E-state index contributed by atoms with van der Waals surface area (Å²) in [6.45, 7) is 21.9. The first-order chi connectivity index (χ1) is 9.52. The summed E-state index contributed by atoms with van der Waals surface area (Å²) >= 11 is 0. The van der Waals surface area contributed by atoms with Crippen LogP contribution in [0.15, 0.2) is 18.4 Å². The molecule has 0 aliphatic rings. The van der Waals surface area contributed by atoms with E-state index in [1.807, 2.05) is 6.92 Å². The maximum Gasteiger partial charge on any atom is 0.200 e. The van der Waals surface area contributed by atoms with Gasteiger partial charge in [0.25, 0.3) is 0 Å². The summed E-state index contributed by atoms with van der Waals surface area (Å²) in [7, 11) is -1.79. The molecule has 0 amide bonds. The molecule has 0 radical (unpaired) electrons. The smallest absolute Gasteiger partial charge is 0.200 e. The molecule has 2 nitrogen and oxygen atoms in total. The lowest BCUT2D eigenvalue weighted by Gasteiger charge is -2.42. The molecule has 0 heterocycles. The van der Waals surface area contributed by atoms with Crippen LogP contribution < -0.4 is 0 Å². The molecule has 0 bridgehead atoms. The van der Waals surface area contributed by atoms with E-state index < -0.39 is 13.9 Å². The zero-order valence-corrected chi connectivity index (χ0v) is 16.4. The van der Waals surface area contributed by atoms with Crippen molar-refractivity contribution in [3.05, 3.63) is 18.4 Å². The molecule has 0 rings (SSSR count). The van der Waals surface area contributed by atoms with Crippen LogP contribution in [0.25, 0.3) is 0 Å². The quantitative estimate of drug-likeness (QED) is 0.462. The van der Waals surface area contributed by atoms with E-state index in [0.29, 0.717) is 16.6 Å². The molecular weight excluding hydrogens is 276 g/mol. The van der Waals surface area contributed by atoms with E-state index >= 15 is 0 Å². The number of hydrogen-bond donors (Lipinski definition) is 1. The second kappa shape index (κ2) is 8.33. The Morgan fingerprint density at radius 2 is 1.52 bits per heavy atom. The first-order valence-electron chi connectivity index (χ1n) is 8.25. The average Bonchev–Trinajstić information content (AvgIpc) is 2.32. The Morgan fingerprint density at radius 3 is 1.86 bits per heavy atom. The van der Waals surface area contributed by atoms with Gasteiger partial charge in [-0.25, -0.2) is 0 Å². The fourth-order valence-electron chi connectivity index (χ4n) is 3.55. The Morgan fingerprint density at radius 1 is 1.10 bits per heavy atom. The van der Waals surface area contributed by atoms with Gasteiger partial charge in [0.15, 0.2) is 8.32 Å². The van der Waals surface area contributed by atoms with Gasteiger partial charge in [-0.1, -0.05) is 55.0 Å². The Labute approximate surface area is 133 Å². The predicted octanol–water partition coefficient (Wildman–Crippen LogP) is 5.30. The van der Waals surface area contributed by atoms with Crippen molar-refractivity contribution in [2.75, 3.05) is 6.61 Å². The van der Waals surface area contributed by atoms with Gasteiger partial charge in [0.05, 0.1) is 5.60 Å². The minimum Gasteiger partial charge on any atom is -0.416 e. The van der Waals surface area contributed by atoms with Crippen molar-refractivity contribution in [2.24, 2.45) is 5.92 Å². The first-order valence-corrected chi connectivity index (χ1v) is 10.4. The van der Waals surface area contributed by atoms with Crippen molar-refractivity contribution >= 4 is 8.32 Å². The van der Waals surface area contributed by atoms with E-state index in [-0.39, 0.29) is 5.92 Å². The van der Waals surface area contributed by atoms with E-state index in [9.17, 15) is 5.11 Å². The fourth-order valence-corrected chi connectivity index (χ4v) is 9.02. The van der Waals surface area contributed by atoms with Gasteiger partial charge in [-0.15, -0.1) is 5.73 Å². The minimum absolute atomic E-state index is 0.130. The number of aliphatic hydroxyl groups is 1. The Balaban J connectivity index is 4.84. The van der Waals surface area contributed by atoms with Crippen molar-refractivity contribution in [3.8, 4) is 0 Å². The first kappa shape index (κ1) is 20.7. The molecule has 3 heteroatoms. The van der Waals surface area contributed by atoms with Crippen LogP contribution in [0.4, 0.5) is 0 Å². The van der Waals surface area contributed by atoms with Crippen molar-refractivity contribution in [1.82, 2.24) is 0 Å². The molecule has 1 N–H and O–H groups in total. The third-order valence-corrected chi connectivity index (χ3v) is 11.1. The Bertz CT molecular complexity index is 330. The fraction of sp³-hybridized carbons (Fsp3) is 0.833. The lowest BCUT2D eigenvalue weighted by molar-refractivity contribution is 0.0427. The molecule has 0 saturated heterocycles. The second-order valence-electron chi connectivity index (χ2n) is 7.43. The van der Waals surface area contributed by atoms with Gasteiger partial charge in [0.2, 0.25) is 0 Å². The van der Waals surface area contributed by atoms with Gasteiger partial charge < -0.3 is 9.53 Å². The van der Waals surface area contributed by atoms with Gasteiger partial charge in [-0.2, -0.15) is 0 Å². The van der Waals surface area contributed by atoms with Gasteiger partial charge in [0, 0.05) is 6.61 Å². The molecule has 0 spiro atoms. The van der Waals surface area contributed by atoms with Crippen molar-refractivity contribution in [1.29, 1.82) is 0 Å². The van der Waals surface area contributed by atoms with Gasteiger partial charge >= 0.3 is 0 Å². The minimum atomic E-state index is -1.79. The van der Waals surface area contributed by atoms with Crippen LogP contribution in [0.3, 0.4) is 0 Å². The zero-order valence-electron chi connectivity index (χ0n) is 15.4. The van der Waals surface area contributed by atoms with Gasteiger partial charge in [-0.3, -0.25) is 0 Å². The topological polar surface area (TPSA) is 29.5 Å². The molecule has 0 aromatic carbocycles. The van der Waals surface area contributed by atoms with Crippen LogP contribution in [0.2, 0.25) is 16.6 Å². The van der Waals surface area contributed by atoms with E-state index in [0.717, 1.165) is 13.0 Å². The number of hydrogen-bond acceptors (Lipinski definition) is 2. The molecule has 0 aromatic rings. The largest absolute Gasteiger partial charge is 0.416 e. The zero-order chi connectivity index (χ0) is 16.8. The van der Waals surface area contributed by atoms with Crippen LogP contribution in [0.1, 0.15) is 61.8 Å². The molecule has 0 aliphatic heterocycles. The van der Waals surface area contributed by atoms with Crippen LogP contribution in [-0.2, 0) is 4.43 Å². The van der Waals surface area contributed by atoms with E-state index in [1.54, 1.807) is 6.08 Å². The van der Waals surface area contributed by atoms with E-state index in [2.05, 4.69) is 60.8 Å². The predicted molar refractivity (Wildman–Crippen MR) is 95.1 cm³/mol. The normalized spacial score (nSPS) is 17.0. The Hall–Kier alpha value is -0.343. The van der Waals surface area contributed by atoms with Crippen LogP contribution in [0, 0.1) is 5.92 Å². The van der Waals surface area contributed by atoms with Gasteiger partial charge in [0.1, 0.15) is 0 Å². The number of rotatable bonds is 9. The molecule has 1 unspecified atom stereocenters. The van der Waals surface area contributed by atoms with E-state index in [1.165, 1.54) is 0 Å². The monoisotopic (exact) mass is 312 g/mol. The SMILES string of the molecule is C=C=CC(C)(O)[C@@H](C)CCO[Si](C(C)C)(C(C)C)C(C)C. The Kier molecular flexibility index (Phi) is 8.20. The highest BCUT2D eigenvalue weighted by molar-refractivity contribution is 6.77. The van der Waals surface area contributed by atoms with E-state index in [4.69, 9.17) is 4.43 Å². The lowest BCUT2D eigenvalue weighted by atomic mass is 9.88. The standard InChI is InChI=1S/C18H36O2Si/c1-10-12-18(9,19)17(8)11-13-20-21(14(2)3,15(4)5)16(6)7/h12,14-17,19H,1,11,13H2,2-9H3/t17-,18?/m0/s1. The summed E-state index contributed by atoms with van der Waals surface area (Å²) in [5, 5.41) is 10.3. The highest BCUT2D eigenvalue weighted by Gasteiger charge is 2.45. The summed E-state index contributed by atoms with van der Waals surface area (Å²) in [5.74, 6) is 0.130. The highest BCUT2D eigenvalue weighted by atomic mass is 28.4. The highest BCUT2D eigenvalue weighted by Crippen LogP contribution is 2.42. The lowest BCUT2D eigenvalue weighted by Crippen LogP contribution is -2.48. The summed E-state index contributed by atoms with van der Waals surface area (Å²) < 4.78 is 6.54. The van der Waals surface area contributed by atoms with Crippen molar-refractivity contribution in [2.45, 2.75) is 84.0 Å². The summed E-state index contributed by atoms with van der Waals surface area (Å²) in [6.07, 6.45) is 2.50. The molecule has 21 heavy (non-hydrogen) atoms. The van der Waals surface area contributed by atoms with Crippen LogP contribution in [-0.4, -0.2) is 25.6 Å². The summed E-state index contributed by atoms with van der Waals surface area (Å²) in [4.78, 5) is 0. The van der Waals surface area contributed by atoms with Crippen molar-refractivity contribution in [3.63, 3.8) is 0 Å². The molecule has 0 saturated carbocycles. The molecule has 0 aromatic heterocycles. The maximum absolute atomic E-state index is 10.3. The third-order valence-electron chi connectivity index (χ3n) is 5.00. The third kappa shape index (κ3) is 5.10. The molecule has 0 fully saturated rings. The maximum atomic E-state index is 10.3. The molecule has 2 atom stereocenters. The second-order valence-corrected chi connectivity index (χ2v) is 12.9. The van der Waals surface area contributed by atoms with Crippen LogP contribution in [0.5, 0.6) is 0 Å². The molecule has 0 aliphatic carbocycles. The average molecular weight is 313 g/mol. The van der Waals surface area contributed by atoms with Crippen LogP contribution >= 0.6 is 0 Å². The molecule has 124 valence electrons.